The Kier molecular flexibility index (Phi) is 7.18. The van der Waals surface area contributed by atoms with E-state index in [1.807, 2.05) is 0 Å². The lowest BCUT2D eigenvalue weighted by molar-refractivity contribution is -0.137. The highest BCUT2D eigenvalue weighted by atomic mass is 32.1. The number of carbonyl (C=O) groups excluding carboxylic acids is 3. The first-order chi connectivity index (χ1) is 13.6. The fraction of sp³-hybridized carbons (Fsp3) is 0.474. The molecule has 1 fully saturated rings. The summed E-state index contributed by atoms with van der Waals surface area (Å²) in [6.45, 7) is 0.141. The largest absolute Gasteiger partial charge is 0.467 e. The molecule has 1 aliphatic rings. The summed E-state index contributed by atoms with van der Waals surface area (Å²) in [4.78, 5) is 42.4. The van der Waals surface area contributed by atoms with Gasteiger partial charge in [0.25, 0.3) is 0 Å². The first-order valence-electron chi connectivity index (χ1n) is 9.39. The third kappa shape index (κ3) is 6.19. The SMILES string of the molecule is O=C(CCC(=O)N(CC(=O)NC1CCCC1)Cc1ccco1)Nc1nccs1. The Hall–Kier alpha value is -2.68. The Balaban J connectivity index is 1.53. The van der Waals surface area contributed by atoms with Crippen LogP contribution >= 0.6 is 11.3 Å². The van der Waals surface area contributed by atoms with Crippen molar-refractivity contribution in [1.29, 1.82) is 0 Å². The van der Waals surface area contributed by atoms with Crippen molar-refractivity contribution in [3.63, 3.8) is 0 Å². The van der Waals surface area contributed by atoms with Crippen molar-refractivity contribution >= 4 is 34.2 Å². The molecule has 150 valence electrons. The summed E-state index contributed by atoms with van der Waals surface area (Å²) in [5.41, 5.74) is 0. The molecule has 0 aromatic carbocycles. The van der Waals surface area contributed by atoms with Gasteiger partial charge in [0.15, 0.2) is 5.13 Å². The van der Waals surface area contributed by atoms with E-state index < -0.39 is 0 Å². The summed E-state index contributed by atoms with van der Waals surface area (Å²) >= 11 is 1.31. The molecule has 0 spiro atoms. The van der Waals surface area contributed by atoms with Crippen molar-refractivity contribution in [1.82, 2.24) is 15.2 Å². The average molecular weight is 404 g/mol. The van der Waals surface area contributed by atoms with Crippen molar-refractivity contribution < 1.29 is 18.8 Å². The Morgan fingerprint density at radius 2 is 2.04 bits per heavy atom. The molecule has 0 atom stereocenters. The van der Waals surface area contributed by atoms with Crippen molar-refractivity contribution in [2.75, 3.05) is 11.9 Å². The topological polar surface area (TPSA) is 105 Å². The predicted octanol–water partition coefficient (Wildman–Crippen LogP) is 2.54. The molecule has 2 heterocycles. The van der Waals surface area contributed by atoms with Gasteiger partial charge in [0.2, 0.25) is 17.7 Å². The van der Waals surface area contributed by atoms with E-state index >= 15 is 0 Å². The smallest absolute Gasteiger partial charge is 0.239 e. The van der Waals surface area contributed by atoms with E-state index in [0.29, 0.717) is 10.9 Å². The van der Waals surface area contributed by atoms with Crippen LogP contribution in [0, 0.1) is 0 Å². The molecule has 0 unspecified atom stereocenters. The number of anilines is 1. The van der Waals surface area contributed by atoms with Crippen LogP contribution in [0.3, 0.4) is 0 Å². The molecular weight excluding hydrogens is 380 g/mol. The number of carbonyl (C=O) groups is 3. The fourth-order valence-corrected chi connectivity index (χ4v) is 3.73. The summed E-state index contributed by atoms with van der Waals surface area (Å²) in [5, 5.41) is 7.90. The van der Waals surface area contributed by atoms with Crippen LogP contribution in [0.5, 0.6) is 0 Å². The number of aromatic nitrogens is 1. The molecule has 1 aliphatic carbocycles. The number of rotatable bonds is 9. The third-order valence-corrected chi connectivity index (χ3v) is 5.27. The molecule has 2 aromatic rings. The number of furan rings is 1. The van der Waals surface area contributed by atoms with Crippen LogP contribution in [0.15, 0.2) is 34.4 Å². The van der Waals surface area contributed by atoms with Crippen LogP contribution in [-0.2, 0) is 20.9 Å². The first kappa shape index (κ1) is 20.1. The van der Waals surface area contributed by atoms with E-state index in [1.165, 1.54) is 22.5 Å². The molecule has 2 aromatic heterocycles. The van der Waals surface area contributed by atoms with E-state index in [1.54, 1.807) is 23.7 Å². The van der Waals surface area contributed by atoms with Crippen molar-refractivity contribution in [3.05, 3.63) is 35.7 Å². The van der Waals surface area contributed by atoms with Crippen LogP contribution in [0.25, 0.3) is 0 Å². The second kappa shape index (κ2) is 10.0. The summed E-state index contributed by atoms with van der Waals surface area (Å²) < 4.78 is 5.31. The average Bonchev–Trinajstić information content (AvgIpc) is 3.43. The standard InChI is InChI=1S/C19H24N4O4S/c24-16(22-19-20-9-11-28-19)7-8-18(26)23(12-15-6-3-10-27-15)13-17(25)21-14-4-1-2-5-14/h3,6,9-11,14H,1-2,4-5,7-8,12-13H2,(H,21,25)(H,20,22,24). The minimum atomic E-state index is -0.281. The van der Waals surface area contributed by atoms with E-state index in [0.717, 1.165) is 25.7 Å². The molecule has 3 amide bonds. The lowest BCUT2D eigenvalue weighted by Crippen LogP contribution is -2.43. The maximum absolute atomic E-state index is 12.7. The van der Waals surface area contributed by atoms with Crippen LogP contribution in [0.4, 0.5) is 5.13 Å². The van der Waals surface area contributed by atoms with Crippen molar-refractivity contribution in [2.24, 2.45) is 0 Å². The van der Waals surface area contributed by atoms with E-state index in [4.69, 9.17) is 4.42 Å². The molecule has 0 aliphatic heterocycles. The van der Waals surface area contributed by atoms with Gasteiger partial charge in [-0.25, -0.2) is 4.98 Å². The molecule has 1 saturated carbocycles. The molecule has 3 rings (SSSR count). The van der Waals surface area contributed by atoms with Gasteiger partial charge in [-0.15, -0.1) is 11.3 Å². The summed E-state index contributed by atoms with van der Waals surface area (Å²) in [5.74, 6) is -0.141. The number of nitrogens with one attached hydrogen (secondary N) is 2. The number of amides is 3. The summed E-state index contributed by atoms with van der Waals surface area (Å²) in [6, 6.07) is 3.68. The molecule has 2 N–H and O–H groups in total. The van der Waals surface area contributed by atoms with Gasteiger partial charge < -0.3 is 20.0 Å². The monoisotopic (exact) mass is 404 g/mol. The van der Waals surface area contributed by atoms with Gasteiger partial charge in [-0.1, -0.05) is 12.8 Å². The predicted molar refractivity (Wildman–Crippen MR) is 105 cm³/mol. The number of hydrogen-bond donors (Lipinski definition) is 2. The lowest BCUT2D eigenvalue weighted by Gasteiger charge is -2.22. The highest BCUT2D eigenvalue weighted by molar-refractivity contribution is 7.13. The van der Waals surface area contributed by atoms with Crippen molar-refractivity contribution in [3.8, 4) is 0 Å². The minimum absolute atomic E-state index is 0.00856. The van der Waals surface area contributed by atoms with Crippen LogP contribution < -0.4 is 10.6 Å². The van der Waals surface area contributed by atoms with Gasteiger partial charge in [0.05, 0.1) is 19.4 Å². The number of hydrogen-bond acceptors (Lipinski definition) is 6. The minimum Gasteiger partial charge on any atom is -0.467 e. The molecule has 9 heteroatoms. The van der Waals surface area contributed by atoms with E-state index in [9.17, 15) is 14.4 Å². The molecule has 28 heavy (non-hydrogen) atoms. The van der Waals surface area contributed by atoms with Gasteiger partial charge >= 0.3 is 0 Å². The van der Waals surface area contributed by atoms with Crippen LogP contribution in [-0.4, -0.2) is 40.2 Å². The molecule has 0 radical (unpaired) electrons. The highest BCUT2D eigenvalue weighted by Gasteiger charge is 2.22. The highest BCUT2D eigenvalue weighted by Crippen LogP contribution is 2.18. The zero-order valence-corrected chi connectivity index (χ0v) is 16.4. The molecule has 8 nitrogen and oxygen atoms in total. The molecule has 0 saturated heterocycles. The lowest BCUT2D eigenvalue weighted by atomic mass is 10.2. The molecular formula is C19H24N4O4S. The Bertz CT molecular complexity index is 770. The Morgan fingerprint density at radius 1 is 1.21 bits per heavy atom. The second-order valence-corrected chi connectivity index (χ2v) is 7.66. The first-order valence-corrected chi connectivity index (χ1v) is 10.3. The second-order valence-electron chi connectivity index (χ2n) is 6.76. The maximum atomic E-state index is 12.7. The number of thiazole rings is 1. The van der Waals surface area contributed by atoms with E-state index in [2.05, 4.69) is 15.6 Å². The summed E-state index contributed by atoms with van der Waals surface area (Å²) in [7, 11) is 0. The summed E-state index contributed by atoms with van der Waals surface area (Å²) in [6.07, 6.45) is 7.36. The maximum Gasteiger partial charge on any atom is 0.239 e. The van der Waals surface area contributed by atoms with E-state index in [-0.39, 0.29) is 49.7 Å². The van der Waals surface area contributed by atoms with Gasteiger partial charge in [-0.2, -0.15) is 0 Å². The Morgan fingerprint density at radius 3 is 2.71 bits per heavy atom. The van der Waals surface area contributed by atoms with Gasteiger partial charge in [0.1, 0.15) is 5.76 Å². The zero-order chi connectivity index (χ0) is 19.8. The third-order valence-electron chi connectivity index (χ3n) is 4.58. The van der Waals surface area contributed by atoms with Gasteiger partial charge in [-0.3, -0.25) is 14.4 Å². The quantitative estimate of drug-likeness (QED) is 0.668. The molecule has 0 bridgehead atoms. The van der Waals surface area contributed by atoms with Crippen LogP contribution in [0.1, 0.15) is 44.3 Å². The van der Waals surface area contributed by atoms with Crippen molar-refractivity contribution in [2.45, 2.75) is 51.1 Å². The fourth-order valence-electron chi connectivity index (χ4n) is 3.19. The van der Waals surface area contributed by atoms with Gasteiger partial charge in [0, 0.05) is 30.5 Å². The Labute approximate surface area is 167 Å². The number of nitrogens with zero attached hydrogens (tertiary/aromatic N) is 2. The van der Waals surface area contributed by atoms with Gasteiger partial charge in [-0.05, 0) is 25.0 Å². The van der Waals surface area contributed by atoms with Crippen LogP contribution in [0.2, 0.25) is 0 Å². The zero-order valence-electron chi connectivity index (χ0n) is 15.6. The normalized spacial score (nSPS) is 14.0.